The van der Waals surface area contributed by atoms with Gasteiger partial charge in [-0.2, -0.15) is 0 Å². The maximum Gasteiger partial charge on any atom is 0.121 e. The zero-order chi connectivity index (χ0) is 11.2. The molecule has 2 rings (SSSR count). The molecule has 0 bridgehead atoms. The fourth-order valence-electron chi connectivity index (χ4n) is 1.62. The Bertz CT molecular complexity index is 423. The third-order valence-electron chi connectivity index (χ3n) is 2.47. The van der Waals surface area contributed by atoms with E-state index in [4.69, 9.17) is 4.42 Å². The Balaban J connectivity index is 2.07. The molecule has 16 heavy (non-hydrogen) atoms. The van der Waals surface area contributed by atoms with E-state index in [2.05, 4.69) is 17.2 Å². The summed E-state index contributed by atoms with van der Waals surface area (Å²) in [6.45, 7) is 3.82. The lowest BCUT2D eigenvalue weighted by Gasteiger charge is -2.02. The molecule has 2 heterocycles. The largest absolute Gasteiger partial charge is 0.468 e. The Morgan fingerprint density at radius 2 is 2.25 bits per heavy atom. The predicted molar refractivity (Wildman–Crippen MR) is 63.1 cm³/mol. The molecule has 0 aliphatic rings. The molecule has 0 saturated heterocycles. The summed E-state index contributed by atoms with van der Waals surface area (Å²) in [6, 6.07) is 7.98. The van der Waals surface area contributed by atoms with E-state index in [0.717, 1.165) is 31.0 Å². The monoisotopic (exact) mass is 216 g/mol. The zero-order valence-corrected chi connectivity index (χ0v) is 9.44. The van der Waals surface area contributed by atoms with E-state index < -0.39 is 0 Å². The lowest BCUT2D eigenvalue weighted by molar-refractivity contribution is 0.483. The zero-order valence-electron chi connectivity index (χ0n) is 9.44. The van der Waals surface area contributed by atoms with Gasteiger partial charge in [-0.1, -0.05) is 13.0 Å². The Labute approximate surface area is 95.5 Å². The topological polar surface area (TPSA) is 38.1 Å². The molecule has 2 aromatic heterocycles. The van der Waals surface area contributed by atoms with Gasteiger partial charge in [-0.3, -0.25) is 4.98 Å². The van der Waals surface area contributed by atoms with Gasteiger partial charge in [0, 0.05) is 23.9 Å². The molecule has 84 valence electrons. The van der Waals surface area contributed by atoms with Crippen molar-refractivity contribution < 1.29 is 4.42 Å². The third-order valence-corrected chi connectivity index (χ3v) is 2.47. The van der Waals surface area contributed by atoms with Gasteiger partial charge in [-0.05, 0) is 24.7 Å². The molecule has 0 radical (unpaired) electrons. The van der Waals surface area contributed by atoms with Crippen molar-refractivity contribution in [3.8, 4) is 0 Å². The van der Waals surface area contributed by atoms with E-state index >= 15 is 0 Å². The Morgan fingerprint density at radius 3 is 3.00 bits per heavy atom. The van der Waals surface area contributed by atoms with Crippen LogP contribution in [0.4, 0.5) is 0 Å². The molecule has 0 aromatic carbocycles. The first-order valence-corrected chi connectivity index (χ1v) is 5.56. The van der Waals surface area contributed by atoms with Gasteiger partial charge in [0.15, 0.2) is 0 Å². The summed E-state index contributed by atoms with van der Waals surface area (Å²) in [5, 5.41) is 3.26. The van der Waals surface area contributed by atoms with Crippen molar-refractivity contribution >= 4 is 0 Å². The minimum Gasteiger partial charge on any atom is -0.468 e. The average molecular weight is 216 g/mol. The second kappa shape index (κ2) is 5.47. The minimum atomic E-state index is 0.783. The van der Waals surface area contributed by atoms with E-state index in [1.807, 2.05) is 30.5 Å². The highest BCUT2D eigenvalue weighted by Gasteiger charge is 2.06. The molecule has 0 spiro atoms. The van der Waals surface area contributed by atoms with Gasteiger partial charge in [0.25, 0.3) is 0 Å². The van der Waals surface area contributed by atoms with Crippen molar-refractivity contribution in [2.24, 2.45) is 0 Å². The molecular weight excluding hydrogens is 200 g/mol. The molecule has 2 aromatic rings. The van der Waals surface area contributed by atoms with Crippen molar-refractivity contribution in [1.29, 1.82) is 0 Å². The molecular formula is C13H16N2O. The number of hydrogen-bond acceptors (Lipinski definition) is 3. The van der Waals surface area contributed by atoms with Crippen LogP contribution in [-0.4, -0.2) is 11.5 Å². The fourth-order valence-corrected chi connectivity index (χ4v) is 1.62. The van der Waals surface area contributed by atoms with Crippen LogP contribution in [0.2, 0.25) is 0 Å². The first kappa shape index (κ1) is 10.9. The van der Waals surface area contributed by atoms with Gasteiger partial charge in [0.1, 0.15) is 5.76 Å². The number of nitrogens with zero attached hydrogens (tertiary/aromatic N) is 1. The fraction of sp³-hybridized carbons (Fsp3) is 0.308. The Hall–Kier alpha value is -1.61. The van der Waals surface area contributed by atoms with Gasteiger partial charge in [-0.15, -0.1) is 0 Å². The first-order valence-electron chi connectivity index (χ1n) is 5.56. The SMILES string of the molecule is CCNCc1occc1Cc1ccccn1. The van der Waals surface area contributed by atoms with E-state index in [1.165, 1.54) is 5.56 Å². The second-order valence-corrected chi connectivity index (χ2v) is 3.65. The van der Waals surface area contributed by atoms with Crippen molar-refractivity contribution in [3.05, 3.63) is 53.7 Å². The molecule has 0 fully saturated rings. The first-order chi connectivity index (χ1) is 7.90. The molecule has 0 aliphatic carbocycles. The normalized spacial score (nSPS) is 10.6. The number of hydrogen-bond donors (Lipinski definition) is 1. The quantitative estimate of drug-likeness (QED) is 0.833. The number of furan rings is 1. The van der Waals surface area contributed by atoms with Gasteiger partial charge in [0.05, 0.1) is 12.8 Å². The molecule has 0 aliphatic heterocycles. The molecule has 1 N–H and O–H groups in total. The van der Waals surface area contributed by atoms with E-state index in [0.29, 0.717) is 0 Å². The summed E-state index contributed by atoms with van der Waals surface area (Å²) < 4.78 is 5.45. The summed E-state index contributed by atoms with van der Waals surface area (Å²) in [5.41, 5.74) is 2.28. The standard InChI is InChI=1S/C13H16N2O/c1-2-14-10-13-11(6-8-16-13)9-12-5-3-4-7-15-12/h3-8,14H,2,9-10H2,1H3. The van der Waals surface area contributed by atoms with Crippen LogP contribution in [-0.2, 0) is 13.0 Å². The molecule has 0 atom stereocenters. The van der Waals surface area contributed by atoms with Crippen LogP contribution >= 0.6 is 0 Å². The highest BCUT2D eigenvalue weighted by atomic mass is 16.3. The van der Waals surface area contributed by atoms with Gasteiger partial charge < -0.3 is 9.73 Å². The summed E-state index contributed by atoms with van der Waals surface area (Å²) in [7, 11) is 0. The van der Waals surface area contributed by atoms with E-state index in [1.54, 1.807) is 6.26 Å². The Morgan fingerprint density at radius 1 is 1.31 bits per heavy atom. The van der Waals surface area contributed by atoms with Gasteiger partial charge in [0.2, 0.25) is 0 Å². The number of pyridine rings is 1. The third kappa shape index (κ3) is 2.70. The van der Waals surface area contributed by atoms with Gasteiger partial charge in [-0.25, -0.2) is 0 Å². The van der Waals surface area contributed by atoms with Crippen LogP contribution in [0.15, 0.2) is 41.1 Å². The van der Waals surface area contributed by atoms with E-state index in [-0.39, 0.29) is 0 Å². The van der Waals surface area contributed by atoms with Crippen molar-refractivity contribution in [2.45, 2.75) is 19.9 Å². The maximum atomic E-state index is 5.45. The molecule has 0 unspecified atom stereocenters. The van der Waals surface area contributed by atoms with Crippen LogP contribution in [0.3, 0.4) is 0 Å². The van der Waals surface area contributed by atoms with Crippen LogP contribution in [0.25, 0.3) is 0 Å². The summed E-state index contributed by atoms with van der Waals surface area (Å²) in [4.78, 5) is 4.31. The minimum absolute atomic E-state index is 0.783. The molecule has 3 heteroatoms. The number of rotatable bonds is 5. The second-order valence-electron chi connectivity index (χ2n) is 3.65. The molecule has 0 amide bonds. The maximum absolute atomic E-state index is 5.45. The van der Waals surface area contributed by atoms with E-state index in [9.17, 15) is 0 Å². The highest BCUT2D eigenvalue weighted by molar-refractivity contribution is 5.23. The van der Waals surface area contributed by atoms with Crippen molar-refractivity contribution in [1.82, 2.24) is 10.3 Å². The number of aromatic nitrogens is 1. The number of nitrogens with one attached hydrogen (secondary N) is 1. The lowest BCUT2D eigenvalue weighted by Crippen LogP contribution is -2.12. The molecule has 0 saturated carbocycles. The summed E-state index contributed by atoms with van der Waals surface area (Å²) in [5.74, 6) is 1.01. The van der Waals surface area contributed by atoms with Crippen LogP contribution in [0.1, 0.15) is 23.9 Å². The van der Waals surface area contributed by atoms with Crippen LogP contribution < -0.4 is 5.32 Å². The van der Waals surface area contributed by atoms with Crippen molar-refractivity contribution in [2.75, 3.05) is 6.54 Å². The predicted octanol–water partition coefficient (Wildman–Crippen LogP) is 2.37. The smallest absolute Gasteiger partial charge is 0.121 e. The summed E-state index contributed by atoms with van der Waals surface area (Å²) >= 11 is 0. The Kier molecular flexibility index (Phi) is 3.72. The van der Waals surface area contributed by atoms with Crippen LogP contribution in [0.5, 0.6) is 0 Å². The lowest BCUT2D eigenvalue weighted by atomic mass is 10.1. The molecule has 3 nitrogen and oxygen atoms in total. The van der Waals surface area contributed by atoms with Gasteiger partial charge >= 0.3 is 0 Å². The van der Waals surface area contributed by atoms with Crippen molar-refractivity contribution in [3.63, 3.8) is 0 Å². The summed E-state index contributed by atoms with van der Waals surface area (Å²) in [6.07, 6.45) is 4.39. The average Bonchev–Trinajstić information content (AvgIpc) is 2.75. The highest BCUT2D eigenvalue weighted by Crippen LogP contribution is 2.14. The van der Waals surface area contributed by atoms with Crippen LogP contribution in [0, 0.1) is 0 Å².